The van der Waals surface area contributed by atoms with Gasteiger partial charge in [-0.15, -0.1) is 24.0 Å². The molecule has 154 valence electrons. The van der Waals surface area contributed by atoms with E-state index < -0.39 is 0 Å². The van der Waals surface area contributed by atoms with E-state index in [1.807, 2.05) is 38.1 Å². The average molecular weight is 520 g/mol. The summed E-state index contributed by atoms with van der Waals surface area (Å²) in [6.45, 7) is 5.63. The Morgan fingerprint density at radius 1 is 1.04 bits per heavy atom. The van der Waals surface area contributed by atoms with Crippen LogP contribution in [0.1, 0.15) is 19.4 Å². The Morgan fingerprint density at radius 2 is 1.71 bits per heavy atom. The molecule has 0 fully saturated rings. The highest BCUT2D eigenvalue weighted by atomic mass is 127. The average Bonchev–Trinajstić information content (AvgIpc) is 2.64. The van der Waals surface area contributed by atoms with Crippen LogP contribution in [-0.4, -0.2) is 32.8 Å². The van der Waals surface area contributed by atoms with E-state index >= 15 is 0 Å². The van der Waals surface area contributed by atoms with E-state index in [4.69, 9.17) is 31.5 Å². The van der Waals surface area contributed by atoms with Gasteiger partial charge in [0.2, 0.25) is 0 Å². The number of nitrogens with two attached hydrogens (primary N) is 1. The highest BCUT2D eigenvalue weighted by Crippen LogP contribution is 2.29. The van der Waals surface area contributed by atoms with Gasteiger partial charge in [-0.3, -0.25) is 4.99 Å². The number of aliphatic imine (C=N–C) groups is 1. The summed E-state index contributed by atoms with van der Waals surface area (Å²) in [5.41, 5.74) is 7.81. The van der Waals surface area contributed by atoms with E-state index in [1.165, 1.54) is 0 Å². The number of benzene rings is 2. The van der Waals surface area contributed by atoms with Crippen LogP contribution >= 0.6 is 35.6 Å². The molecular formula is C20H27ClIN3O3. The molecule has 0 amide bonds. The number of anilines is 1. The molecule has 0 aliphatic carbocycles. The van der Waals surface area contributed by atoms with Gasteiger partial charge in [0.1, 0.15) is 5.75 Å². The Bertz CT molecular complexity index is 787. The van der Waals surface area contributed by atoms with Crippen molar-refractivity contribution in [2.45, 2.75) is 20.3 Å². The molecule has 2 aromatic rings. The highest BCUT2D eigenvalue weighted by molar-refractivity contribution is 14.0. The summed E-state index contributed by atoms with van der Waals surface area (Å²) < 4.78 is 16.4. The van der Waals surface area contributed by atoms with Gasteiger partial charge in [-0.1, -0.05) is 17.7 Å². The van der Waals surface area contributed by atoms with Crippen molar-refractivity contribution < 1.29 is 14.2 Å². The summed E-state index contributed by atoms with van der Waals surface area (Å²) in [7, 11) is 1.57. The van der Waals surface area contributed by atoms with Crippen LogP contribution in [0.5, 0.6) is 17.2 Å². The Kier molecular flexibility index (Phi) is 10.8. The molecular weight excluding hydrogens is 493 g/mol. The largest absolute Gasteiger partial charge is 0.495 e. The Morgan fingerprint density at radius 3 is 2.36 bits per heavy atom. The van der Waals surface area contributed by atoms with Crippen molar-refractivity contribution in [2.24, 2.45) is 10.7 Å². The van der Waals surface area contributed by atoms with Gasteiger partial charge in [-0.05, 0) is 56.2 Å². The van der Waals surface area contributed by atoms with Crippen LogP contribution in [0.3, 0.4) is 0 Å². The van der Waals surface area contributed by atoms with Gasteiger partial charge >= 0.3 is 0 Å². The van der Waals surface area contributed by atoms with Gasteiger partial charge in [0.15, 0.2) is 17.5 Å². The number of methoxy groups -OCH3 is 1. The molecule has 0 saturated heterocycles. The van der Waals surface area contributed by atoms with Crippen LogP contribution in [0.4, 0.5) is 5.69 Å². The van der Waals surface area contributed by atoms with Crippen molar-refractivity contribution >= 4 is 47.2 Å². The molecule has 6 nitrogen and oxygen atoms in total. The monoisotopic (exact) mass is 519 g/mol. The van der Waals surface area contributed by atoms with Crippen molar-refractivity contribution in [1.82, 2.24) is 0 Å². The Labute approximate surface area is 188 Å². The third-order valence-electron chi connectivity index (χ3n) is 3.71. The fourth-order valence-electron chi connectivity index (χ4n) is 2.49. The first-order chi connectivity index (χ1) is 13.1. The minimum Gasteiger partial charge on any atom is -0.495 e. The van der Waals surface area contributed by atoms with E-state index in [2.05, 4.69) is 10.3 Å². The van der Waals surface area contributed by atoms with Crippen LogP contribution in [0, 0.1) is 0 Å². The first-order valence-electron chi connectivity index (χ1n) is 8.86. The first kappa shape index (κ1) is 24.2. The standard InChI is InChI=1S/C20H26ClN3O3.HI/c1-4-26-18-8-6-14(12-19(18)27-5-2)10-11-23-20(22)24-15-7-9-17(25-3)16(21)13-15;/h6-9,12-13H,4-5,10-11H2,1-3H3,(H3,22,23,24);1H. The van der Waals surface area contributed by atoms with Crippen molar-refractivity contribution in [1.29, 1.82) is 0 Å². The molecule has 2 rings (SSSR count). The second-order valence-electron chi connectivity index (χ2n) is 5.64. The molecule has 3 N–H and O–H groups in total. The second kappa shape index (κ2) is 12.6. The van der Waals surface area contributed by atoms with Crippen molar-refractivity contribution in [2.75, 3.05) is 32.2 Å². The lowest BCUT2D eigenvalue weighted by molar-refractivity contribution is 0.287. The Hall–Kier alpha value is -1.87. The first-order valence-corrected chi connectivity index (χ1v) is 9.24. The number of hydrogen-bond acceptors (Lipinski definition) is 4. The van der Waals surface area contributed by atoms with E-state index in [0.717, 1.165) is 29.2 Å². The van der Waals surface area contributed by atoms with Crippen molar-refractivity contribution in [3.05, 3.63) is 47.0 Å². The van der Waals surface area contributed by atoms with Gasteiger partial charge in [-0.25, -0.2) is 0 Å². The van der Waals surface area contributed by atoms with Gasteiger partial charge in [0.25, 0.3) is 0 Å². The third kappa shape index (κ3) is 7.27. The molecule has 28 heavy (non-hydrogen) atoms. The predicted molar refractivity (Wildman–Crippen MR) is 126 cm³/mol. The zero-order valence-electron chi connectivity index (χ0n) is 16.3. The molecule has 0 atom stereocenters. The molecule has 0 aromatic heterocycles. The molecule has 2 aromatic carbocycles. The van der Waals surface area contributed by atoms with Crippen molar-refractivity contribution in [3.63, 3.8) is 0 Å². The molecule has 0 bridgehead atoms. The summed E-state index contributed by atoms with van der Waals surface area (Å²) in [6, 6.07) is 11.3. The molecule has 0 unspecified atom stereocenters. The Balaban J connectivity index is 0.00000392. The smallest absolute Gasteiger partial charge is 0.193 e. The number of halogens is 2. The lowest BCUT2D eigenvalue weighted by atomic mass is 10.1. The molecule has 0 aliphatic rings. The highest BCUT2D eigenvalue weighted by Gasteiger charge is 2.06. The fourth-order valence-corrected chi connectivity index (χ4v) is 2.75. The molecule has 0 heterocycles. The maximum absolute atomic E-state index is 6.11. The molecule has 0 radical (unpaired) electrons. The summed E-state index contributed by atoms with van der Waals surface area (Å²) in [6.07, 6.45) is 0.734. The lowest BCUT2D eigenvalue weighted by Gasteiger charge is -2.12. The van der Waals surface area contributed by atoms with Crippen molar-refractivity contribution in [3.8, 4) is 17.2 Å². The topological polar surface area (TPSA) is 78.1 Å². The van der Waals surface area contributed by atoms with Gasteiger partial charge in [0, 0.05) is 12.2 Å². The second-order valence-corrected chi connectivity index (χ2v) is 6.05. The minimum absolute atomic E-state index is 0. The number of nitrogens with one attached hydrogen (secondary N) is 1. The van der Waals surface area contributed by atoms with E-state index in [1.54, 1.807) is 19.2 Å². The normalized spacial score (nSPS) is 10.8. The summed E-state index contributed by atoms with van der Waals surface area (Å²) in [5, 5.41) is 3.53. The number of hydrogen-bond donors (Lipinski definition) is 2. The zero-order chi connectivity index (χ0) is 19.6. The van der Waals surface area contributed by atoms with Crippen LogP contribution in [0.25, 0.3) is 0 Å². The summed E-state index contributed by atoms with van der Waals surface area (Å²) in [4.78, 5) is 4.36. The predicted octanol–water partition coefficient (Wildman–Crippen LogP) is 4.73. The SMILES string of the molecule is CCOc1ccc(CCN=C(N)Nc2ccc(OC)c(Cl)c2)cc1OCC.I. The van der Waals surface area contributed by atoms with Crippen LogP contribution < -0.4 is 25.3 Å². The number of rotatable bonds is 9. The molecule has 0 saturated carbocycles. The quantitative estimate of drug-likeness (QED) is 0.284. The van der Waals surface area contributed by atoms with Crippen LogP contribution in [0.15, 0.2) is 41.4 Å². The van der Waals surface area contributed by atoms with E-state index in [0.29, 0.717) is 36.5 Å². The third-order valence-corrected chi connectivity index (χ3v) is 4.01. The van der Waals surface area contributed by atoms with Gasteiger partial charge in [0.05, 0.1) is 25.3 Å². The fraction of sp³-hybridized carbons (Fsp3) is 0.350. The number of nitrogens with zero attached hydrogens (tertiary/aromatic N) is 1. The maximum atomic E-state index is 6.11. The number of guanidine groups is 1. The number of ether oxygens (including phenoxy) is 3. The molecule has 0 spiro atoms. The molecule has 0 aliphatic heterocycles. The zero-order valence-corrected chi connectivity index (χ0v) is 19.4. The summed E-state index contributed by atoms with van der Waals surface area (Å²) in [5.74, 6) is 2.44. The van der Waals surface area contributed by atoms with E-state index in [9.17, 15) is 0 Å². The maximum Gasteiger partial charge on any atom is 0.193 e. The van der Waals surface area contributed by atoms with Crippen LogP contribution in [0.2, 0.25) is 5.02 Å². The summed E-state index contributed by atoms with van der Waals surface area (Å²) >= 11 is 6.11. The minimum atomic E-state index is 0. The van der Waals surface area contributed by atoms with Crippen LogP contribution in [-0.2, 0) is 6.42 Å². The molecule has 8 heteroatoms. The van der Waals surface area contributed by atoms with Gasteiger partial charge in [-0.2, -0.15) is 0 Å². The lowest BCUT2D eigenvalue weighted by Crippen LogP contribution is -2.23. The van der Waals surface area contributed by atoms with E-state index in [-0.39, 0.29) is 24.0 Å². The van der Waals surface area contributed by atoms with Gasteiger partial charge < -0.3 is 25.3 Å².